The van der Waals surface area contributed by atoms with Crippen LogP contribution in [0, 0.1) is 6.92 Å². The molecule has 7 nitrogen and oxygen atoms in total. The Hall–Kier alpha value is -3.04. The fourth-order valence-corrected chi connectivity index (χ4v) is 4.43. The summed E-state index contributed by atoms with van der Waals surface area (Å²) in [6.45, 7) is 2.20. The van der Waals surface area contributed by atoms with Gasteiger partial charge in [-0.2, -0.15) is 0 Å². The van der Waals surface area contributed by atoms with E-state index >= 15 is 0 Å². The van der Waals surface area contributed by atoms with Gasteiger partial charge in [-0.05, 0) is 36.2 Å². The van der Waals surface area contributed by atoms with Gasteiger partial charge in [0.05, 0.1) is 10.9 Å². The van der Waals surface area contributed by atoms with E-state index in [9.17, 15) is 14.4 Å². The Kier molecular flexibility index (Phi) is 6.15. The van der Waals surface area contributed by atoms with E-state index in [4.69, 9.17) is 0 Å². The van der Waals surface area contributed by atoms with Crippen LogP contribution in [0.4, 0.5) is 5.13 Å². The Morgan fingerprint density at radius 3 is 2.84 bits per heavy atom. The van der Waals surface area contributed by atoms with Crippen molar-refractivity contribution in [3.8, 4) is 0 Å². The quantitative estimate of drug-likeness (QED) is 0.422. The number of para-hydroxylation sites is 1. The van der Waals surface area contributed by atoms with Crippen LogP contribution < -0.4 is 16.6 Å². The van der Waals surface area contributed by atoms with Gasteiger partial charge in [0, 0.05) is 34.9 Å². The lowest BCUT2D eigenvalue weighted by Gasteiger charge is -2.09. The maximum atomic E-state index is 12.4. The zero-order valence-corrected chi connectivity index (χ0v) is 19.0. The smallest absolute Gasteiger partial charge is 0.302 e. The number of hydrogen-bond donors (Lipinski definition) is 2. The van der Waals surface area contributed by atoms with Gasteiger partial charge < -0.3 is 5.32 Å². The average Bonchev–Trinajstić information content (AvgIpc) is 3.17. The van der Waals surface area contributed by atoms with Gasteiger partial charge in [-0.1, -0.05) is 40.2 Å². The molecule has 2 aromatic heterocycles. The van der Waals surface area contributed by atoms with Crippen LogP contribution in [0.5, 0.6) is 0 Å². The molecule has 0 atom stereocenters. The monoisotopic (exact) mass is 498 g/mol. The van der Waals surface area contributed by atoms with Crippen LogP contribution in [-0.4, -0.2) is 20.4 Å². The van der Waals surface area contributed by atoms with Crippen LogP contribution in [0.1, 0.15) is 22.4 Å². The Morgan fingerprint density at radius 2 is 2.03 bits per heavy atom. The zero-order chi connectivity index (χ0) is 22.0. The summed E-state index contributed by atoms with van der Waals surface area (Å²) in [5.41, 5.74) is 1.88. The summed E-state index contributed by atoms with van der Waals surface area (Å²) in [4.78, 5) is 44.2. The van der Waals surface area contributed by atoms with E-state index in [-0.39, 0.29) is 18.9 Å². The Labute approximate surface area is 189 Å². The molecule has 4 aromatic rings. The number of aromatic amines is 1. The number of anilines is 1. The van der Waals surface area contributed by atoms with Gasteiger partial charge in [0.25, 0.3) is 5.56 Å². The second-order valence-corrected chi connectivity index (χ2v) is 9.09. The largest absolute Gasteiger partial charge is 0.328 e. The summed E-state index contributed by atoms with van der Waals surface area (Å²) in [7, 11) is 0. The highest BCUT2D eigenvalue weighted by molar-refractivity contribution is 9.10. The third-order valence-electron chi connectivity index (χ3n) is 4.87. The number of fused-ring (bicyclic) bond motifs is 1. The first-order valence-corrected chi connectivity index (χ1v) is 11.2. The molecule has 2 aromatic carbocycles. The molecule has 0 saturated heterocycles. The third-order valence-corrected chi connectivity index (χ3v) is 6.67. The number of carbonyl (C=O) groups excluding carboxylic acids is 1. The molecule has 0 unspecified atom stereocenters. The highest BCUT2D eigenvalue weighted by Gasteiger charge is 2.11. The van der Waals surface area contributed by atoms with Gasteiger partial charge in [-0.3, -0.25) is 19.1 Å². The lowest BCUT2D eigenvalue weighted by molar-refractivity contribution is -0.116. The van der Waals surface area contributed by atoms with E-state index in [1.54, 1.807) is 30.5 Å². The fraction of sp³-hybridized carbons (Fsp3) is 0.182. The second-order valence-electron chi connectivity index (χ2n) is 7.12. The van der Waals surface area contributed by atoms with Gasteiger partial charge in [-0.15, -0.1) is 11.3 Å². The topological polar surface area (TPSA) is 96.8 Å². The summed E-state index contributed by atoms with van der Waals surface area (Å²) < 4.78 is 2.47. The molecule has 0 spiro atoms. The molecule has 2 heterocycles. The van der Waals surface area contributed by atoms with Crippen LogP contribution in [0.3, 0.4) is 0 Å². The lowest BCUT2D eigenvalue weighted by Crippen LogP contribution is -2.31. The number of aromatic nitrogens is 3. The number of nitrogens with zero attached hydrogens (tertiary/aromatic N) is 2. The van der Waals surface area contributed by atoms with Crippen molar-refractivity contribution in [1.29, 1.82) is 0 Å². The average molecular weight is 499 g/mol. The zero-order valence-electron chi connectivity index (χ0n) is 16.6. The highest BCUT2D eigenvalue weighted by Crippen LogP contribution is 2.24. The van der Waals surface area contributed by atoms with Crippen molar-refractivity contribution in [3.05, 3.63) is 90.0 Å². The van der Waals surface area contributed by atoms with Gasteiger partial charge in [0.2, 0.25) is 5.91 Å². The molecule has 0 aliphatic carbocycles. The van der Waals surface area contributed by atoms with Crippen molar-refractivity contribution in [1.82, 2.24) is 14.5 Å². The van der Waals surface area contributed by atoms with Crippen LogP contribution in [-0.2, 0) is 17.8 Å². The van der Waals surface area contributed by atoms with Gasteiger partial charge in [0.15, 0.2) is 5.13 Å². The molecule has 0 saturated carbocycles. The first kappa shape index (κ1) is 21.2. The standard InChI is InChI=1S/C22H19BrN4O3S/c1-13-10-14(6-7-17(13)23)11-15-12-24-21(31-15)25-19(28)8-9-27-18-5-3-2-4-16(18)20(29)26-22(27)30/h2-7,10,12H,8-9,11H2,1H3,(H,24,25,28)(H,26,29,30). The molecule has 31 heavy (non-hydrogen) atoms. The molecule has 158 valence electrons. The first-order valence-electron chi connectivity index (χ1n) is 9.62. The van der Waals surface area contributed by atoms with E-state index in [2.05, 4.69) is 43.3 Å². The molecule has 0 fully saturated rings. The summed E-state index contributed by atoms with van der Waals surface area (Å²) in [5, 5.41) is 3.72. The molecular formula is C22H19BrN4O3S. The SMILES string of the molecule is Cc1cc(Cc2cnc(NC(=O)CCn3c(=O)[nH]c(=O)c4ccccc43)s2)ccc1Br. The summed E-state index contributed by atoms with van der Waals surface area (Å²) in [6.07, 6.45) is 2.58. The van der Waals surface area contributed by atoms with Crippen LogP contribution >= 0.6 is 27.3 Å². The molecule has 0 aliphatic heterocycles. The number of thiazole rings is 1. The number of benzene rings is 2. The first-order chi connectivity index (χ1) is 14.9. The number of nitrogens with one attached hydrogen (secondary N) is 2. The van der Waals surface area contributed by atoms with Crippen molar-refractivity contribution in [3.63, 3.8) is 0 Å². The normalized spacial score (nSPS) is 11.0. The van der Waals surface area contributed by atoms with Gasteiger partial charge >= 0.3 is 5.69 Å². The van der Waals surface area contributed by atoms with E-state index in [1.807, 2.05) is 13.0 Å². The van der Waals surface area contributed by atoms with Crippen molar-refractivity contribution in [2.24, 2.45) is 0 Å². The minimum Gasteiger partial charge on any atom is -0.302 e. The van der Waals surface area contributed by atoms with Crippen LogP contribution in [0.15, 0.2) is 62.7 Å². The van der Waals surface area contributed by atoms with E-state index in [0.717, 1.165) is 15.8 Å². The van der Waals surface area contributed by atoms with E-state index in [0.29, 0.717) is 16.0 Å². The minimum absolute atomic E-state index is 0.0801. The summed E-state index contributed by atoms with van der Waals surface area (Å²) in [6, 6.07) is 13.0. The van der Waals surface area contributed by atoms with Crippen LogP contribution in [0.2, 0.25) is 0 Å². The van der Waals surface area contributed by atoms with Crippen molar-refractivity contribution in [2.45, 2.75) is 26.3 Å². The van der Waals surface area contributed by atoms with Crippen molar-refractivity contribution >= 4 is 49.2 Å². The van der Waals surface area contributed by atoms with Crippen LogP contribution in [0.25, 0.3) is 10.9 Å². The Morgan fingerprint density at radius 1 is 1.23 bits per heavy atom. The maximum absolute atomic E-state index is 12.4. The third kappa shape index (κ3) is 4.83. The molecule has 0 aliphatic rings. The van der Waals surface area contributed by atoms with Crippen molar-refractivity contribution < 1.29 is 4.79 Å². The molecule has 2 N–H and O–H groups in total. The number of amides is 1. The number of carbonyl (C=O) groups is 1. The predicted octanol–water partition coefficient (Wildman–Crippen LogP) is 3.84. The molecule has 0 bridgehead atoms. The molecule has 9 heteroatoms. The fourth-order valence-electron chi connectivity index (χ4n) is 3.32. The highest BCUT2D eigenvalue weighted by atomic mass is 79.9. The Bertz CT molecular complexity index is 1390. The summed E-state index contributed by atoms with van der Waals surface area (Å²) >= 11 is 4.93. The van der Waals surface area contributed by atoms with Crippen molar-refractivity contribution in [2.75, 3.05) is 5.32 Å². The molecule has 0 radical (unpaired) electrons. The Balaban J connectivity index is 1.41. The van der Waals surface area contributed by atoms with E-state index < -0.39 is 11.2 Å². The molecule has 1 amide bonds. The number of hydrogen-bond acceptors (Lipinski definition) is 5. The number of rotatable bonds is 6. The van der Waals surface area contributed by atoms with Gasteiger partial charge in [0.1, 0.15) is 0 Å². The molecular weight excluding hydrogens is 480 g/mol. The maximum Gasteiger partial charge on any atom is 0.328 e. The predicted molar refractivity (Wildman–Crippen MR) is 126 cm³/mol. The minimum atomic E-state index is -0.530. The lowest BCUT2D eigenvalue weighted by atomic mass is 10.1. The molecule has 4 rings (SSSR count). The van der Waals surface area contributed by atoms with Gasteiger partial charge in [-0.25, -0.2) is 9.78 Å². The number of halogens is 1. The number of aryl methyl sites for hydroxylation is 2. The van der Waals surface area contributed by atoms with E-state index in [1.165, 1.54) is 27.0 Å². The summed E-state index contributed by atoms with van der Waals surface area (Å²) in [5.74, 6) is -0.248. The second kappa shape index (κ2) is 8.99. The number of H-pyrrole nitrogens is 1.